The maximum absolute atomic E-state index is 13.0. The number of amides is 2. The van der Waals surface area contributed by atoms with Gasteiger partial charge in [-0.1, -0.05) is 13.8 Å². The molecule has 1 aromatic carbocycles. The van der Waals surface area contributed by atoms with Crippen molar-refractivity contribution in [1.82, 2.24) is 15.2 Å². The van der Waals surface area contributed by atoms with Crippen LogP contribution in [0.25, 0.3) is 0 Å². The average Bonchev–Trinajstić information content (AvgIpc) is 2.60. The van der Waals surface area contributed by atoms with E-state index >= 15 is 0 Å². The SMILES string of the molecule is CCCN(CCN(CC)CCC(=O)NN)C(=O)c1ccc(F)cc1. The summed E-state index contributed by atoms with van der Waals surface area (Å²) in [4.78, 5) is 27.7. The fraction of sp³-hybridized carbons (Fsp3) is 0.529. The second-order valence-electron chi connectivity index (χ2n) is 5.55. The Kier molecular flexibility index (Phi) is 8.96. The van der Waals surface area contributed by atoms with Crippen molar-refractivity contribution in [3.8, 4) is 0 Å². The third kappa shape index (κ3) is 6.64. The van der Waals surface area contributed by atoms with Crippen LogP contribution in [0.2, 0.25) is 0 Å². The molecule has 0 aliphatic heterocycles. The lowest BCUT2D eigenvalue weighted by Crippen LogP contribution is -2.40. The summed E-state index contributed by atoms with van der Waals surface area (Å²) in [5.41, 5.74) is 2.59. The van der Waals surface area contributed by atoms with E-state index in [0.29, 0.717) is 38.2 Å². The highest BCUT2D eigenvalue weighted by atomic mass is 19.1. The van der Waals surface area contributed by atoms with Crippen molar-refractivity contribution in [2.24, 2.45) is 5.84 Å². The van der Waals surface area contributed by atoms with Crippen LogP contribution in [0.15, 0.2) is 24.3 Å². The number of benzene rings is 1. The maximum Gasteiger partial charge on any atom is 0.253 e. The van der Waals surface area contributed by atoms with Crippen LogP contribution in [0.3, 0.4) is 0 Å². The lowest BCUT2D eigenvalue weighted by molar-refractivity contribution is -0.121. The molecule has 0 bridgehead atoms. The lowest BCUT2D eigenvalue weighted by Gasteiger charge is -2.27. The molecule has 134 valence electrons. The first-order valence-electron chi connectivity index (χ1n) is 8.28. The van der Waals surface area contributed by atoms with Crippen LogP contribution in [-0.4, -0.2) is 54.3 Å². The second-order valence-corrected chi connectivity index (χ2v) is 5.55. The molecule has 0 saturated heterocycles. The van der Waals surface area contributed by atoms with Crippen molar-refractivity contribution < 1.29 is 14.0 Å². The molecule has 2 amide bonds. The van der Waals surface area contributed by atoms with E-state index in [1.54, 1.807) is 4.90 Å². The van der Waals surface area contributed by atoms with E-state index in [9.17, 15) is 14.0 Å². The number of nitrogens with two attached hydrogens (primary N) is 1. The molecule has 3 N–H and O–H groups in total. The normalized spacial score (nSPS) is 10.7. The summed E-state index contributed by atoms with van der Waals surface area (Å²) >= 11 is 0. The zero-order valence-corrected chi connectivity index (χ0v) is 14.4. The van der Waals surface area contributed by atoms with E-state index in [0.717, 1.165) is 13.0 Å². The standard InChI is InChI=1S/C17H27FN4O2/c1-3-10-22(17(24)14-5-7-15(18)8-6-14)13-12-21(4-2)11-9-16(23)20-19/h5-8H,3-4,9-13,19H2,1-2H3,(H,20,23). The zero-order valence-electron chi connectivity index (χ0n) is 14.4. The number of hydrogen-bond acceptors (Lipinski definition) is 4. The predicted molar refractivity (Wildman–Crippen MR) is 91.7 cm³/mol. The molecule has 0 radical (unpaired) electrons. The first-order valence-corrected chi connectivity index (χ1v) is 8.28. The number of likely N-dealkylation sites (N-methyl/N-ethyl adjacent to an activating group) is 1. The Morgan fingerprint density at radius 1 is 1.08 bits per heavy atom. The molecule has 0 heterocycles. The first-order chi connectivity index (χ1) is 11.5. The van der Waals surface area contributed by atoms with Crippen molar-refractivity contribution in [2.45, 2.75) is 26.7 Å². The van der Waals surface area contributed by atoms with Crippen molar-refractivity contribution >= 4 is 11.8 Å². The van der Waals surface area contributed by atoms with E-state index in [1.165, 1.54) is 24.3 Å². The Hall–Kier alpha value is -1.99. The molecule has 0 unspecified atom stereocenters. The molecule has 1 aromatic rings. The Morgan fingerprint density at radius 3 is 2.29 bits per heavy atom. The number of carbonyl (C=O) groups is 2. The second kappa shape index (κ2) is 10.7. The third-order valence-electron chi connectivity index (χ3n) is 3.82. The highest BCUT2D eigenvalue weighted by Crippen LogP contribution is 2.08. The van der Waals surface area contributed by atoms with Gasteiger partial charge in [-0.05, 0) is 37.2 Å². The van der Waals surface area contributed by atoms with Crippen molar-refractivity contribution in [2.75, 3.05) is 32.7 Å². The number of hydrogen-bond donors (Lipinski definition) is 2. The number of nitrogens with zero attached hydrogens (tertiary/aromatic N) is 2. The Bertz CT molecular complexity index is 522. The molecule has 0 saturated carbocycles. The van der Waals surface area contributed by atoms with Gasteiger partial charge in [-0.25, -0.2) is 10.2 Å². The quantitative estimate of drug-likeness (QED) is 0.384. The summed E-state index contributed by atoms with van der Waals surface area (Å²) in [6.07, 6.45) is 1.17. The number of carbonyl (C=O) groups excluding carboxylic acids is 2. The summed E-state index contributed by atoms with van der Waals surface area (Å²) in [5, 5.41) is 0. The molecule has 0 aromatic heterocycles. The van der Waals surface area contributed by atoms with Crippen LogP contribution in [0, 0.1) is 5.82 Å². The van der Waals surface area contributed by atoms with Gasteiger partial charge >= 0.3 is 0 Å². The van der Waals surface area contributed by atoms with Crippen LogP contribution < -0.4 is 11.3 Å². The van der Waals surface area contributed by atoms with Gasteiger partial charge in [-0.15, -0.1) is 0 Å². The van der Waals surface area contributed by atoms with Gasteiger partial charge in [0.25, 0.3) is 5.91 Å². The molecule has 0 spiro atoms. The van der Waals surface area contributed by atoms with Gasteiger partial charge in [0.2, 0.25) is 5.91 Å². The maximum atomic E-state index is 13.0. The lowest BCUT2D eigenvalue weighted by atomic mass is 10.2. The first kappa shape index (κ1) is 20.1. The van der Waals surface area contributed by atoms with Gasteiger partial charge in [0.05, 0.1) is 0 Å². The van der Waals surface area contributed by atoms with Crippen LogP contribution in [-0.2, 0) is 4.79 Å². The number of halogens is 1. The molecule has 7 heteroatoms. The predicted octanol–water partition coefficient (Wildman–Crippen LogP) is 1.38. The van der Waals surface area contributed by atoms with E-state index < -0.39 is 0 Å². The molecule has 0 aliphatic carbocycles. The average molecular weight is 338 g/mol. The van der Waals surface area contributed by atoms with Gasteiger partial charge in [-0.3, -0.25) is 15.0 Å². The van der Waals surface area contributed by atoms with Crippen LogP contribution >= 0.6 is 0 Å². The fourth-order valence-electron chi connectivity index (χ4n) is 2.38. The van der Waals surface area contributed by atoms with Gasteiger partial charge in [0, 0.05) is 38.2 Å². The molecule has 24 heavy (non-hydrogen) atoms. The topological polar surface area (TPSA) is 78.7 Å². The molecule has 6 nitrogen and oxygen atoms in total. The molecule has 0 atom stereocenters. The van der Waals surface area contributed by atoms with E-state index in [2.05, 4.69) is 10.3 Å². The van der Waals surface area contributed by atoms with Crippen molar-refractivity contribution in [3.63, 3.8) is 0 Å². The molecule has 0 fully saturated rings. The third-order valence-corrected chi connectivity index (χ3v) is 3.82. The summed E-state index contributed by atoms with van der Waals surface area (Å²) in [6.45, 7) is 7.24. The Labute approximate surface area is 142 Å². The van der Waals surface area contributed by atoms with Gasteiger partial charge in [0.15, 0.2) is 0 Å². The van der Waals surface area contributed by atoms with Crippen LogP contribution in [0.1, 0.15) is 37.0 Å². The minimum atomic E-state index is -0.357. The van der Waals surface area contributed by atoms with Gasteiger partial charge in [0.1, 0.15) is 5.82 Å². The highest BCUT2D eigenvalue weighted by molar-refractivity contribution is 5.94. The zero-order chi connectivity index (χ0) is 17.9. The Balaban J connectivity index is 2.62. The number of rotatable bonds is 10. The van der Waals surface area contributed by atoms with E-state index in [4.69, 9.17) is 5.84 Å². The van der Waals surface area contributed by atoms with Crippen molar-refractivity contribution in [3.05, 3.63) is 35.6 Å². The van der Waals surface area contributed by atoms with Crippen molar-refractivity contribution in [1.29, 1.82) is 0 Å². The molecule has 0 aliphatic rings. The number of nitrogens with one attached hydrogen (secondary N) is 1. The summed E-state index contributed by atoms with van der Waals surface area (Å²) in [5.74, 6) is 4.41. The molecular formula is C17H27FN4O2. The van der Waals surface area contributed by atoms with E-state index in [1.807, 2.05) is 13.8 Å². The monoisotopic (exact) mass is 338 g/mol. The summed E-state index contributed by atoms with van der Waals surface area (Å²) in [7, 11) is 0. The smallest absolute Gasteiger partial charge is 0.253 e. The molecule has 1 rings (SSSR count). The number of hydrazine groups is 1. The van der Waals surface area contributed by atoms with Gasteiger partial charge in [-0.2, -0.15) is 0 Å². The molecular weight excluding hydrogens is 311 g/mol. The summed E-state index contributed by atoms with van der Waals surface area (Å²) in [6, 6.07) is 5.59. The Morgan fingerprint density at radius 2 is 1.75 bits per heavy atom. The van der Waals surface area contributed by atoms with E-state index in [-0.39, 0.29) is 17.6 Å². The van der Waals surface area contributed by atoms with Crippen LogP contribution in [0.4, 0.5) is 4.39 Å². The minimum Gasteiger partial charge on any atom is -0.337 e. The van der Waals surface area contributed by atoms with Crippen LogP contribution in [0.5, 0.6) is 0 Å². The highest BCUT2D eigenvalue weighted by Gasteiger charge is 2.16. The fourth-order valence-corrected chi connectivity index (χ4v) is 2.38. The minimum absolute atomic E-state index is 0.104. The largest absolute Gasteiger partial charge is 0.337 e. The van der Waals surface area contributed by atoms with Gasteiger partial charge < -0.3 is 9.80 Å². The summed E-state index contributed by atoms with van der Waals surface area (Å²) < 4.78 is 13.0.